The van der Waals surface area contributed by atoms with E-state index in [-0.39, 0.29) is 5.78 Å². The summed E-state index contributed by atoms with van der Waals surface area (Å²) >= 11 is 0. The fourth-order valence-electron chi connectivity index (χ4n) is 3.18. The molecule has 0 N–H and O–H groups in total. The van der Waals surface area contributed by atoms with E-state index in [1.807, 2.05) is 73.7 Å². The average molecular weight is 352 g/mol. The summed E-state index contributed by atoms with van der Waals surface area (Å²) < 4.78 is 6.09. The van der Waals surface area contributed by atoms with Gasteiger partial charge in [0.1, 0.15) is 11.5 Å². The Balaban J connectivity index is 1.59. The molecule has 0 amide bonds. The fourth-order valence-corrected chi connectivity index (χ4v) is 3.18. The standard InChI is InChI=1S/C25H20O2/c1-17-7-10-19(11-8-17)25(26)20-12-14-21(15-13-20)27-24-16-9-18(2)22-5-3-4-6-23(22)24/h3-16H,1-2H3. The van der Waals surface area contributed by atoms with Gasteiger partial charge in [0.05, 0.1) is 0 Å². The van der Waals surface area contributed by atoms with Crippen LogP contribution in [-0.4, -0.2) is 5.78 Å². The van der Waals surface area contributed by atoms with E-state index in [1.165, 1.54) is 10.9 Å². The number of hydrogen-bond donors (Lipinski definition) is 0. The number of ketones is 1. The molecule has 2 nitrogen and oxygen atoms in total. The Morgan fingerprint density at radius 1 is 0.667 bits per heavy atom. The Kier molecular flexibility index (Phi) is 4.47. The second-order valence-electron chi connectivity index (χ2n) is 6.75. The van der Waals surface area contributed by atoms with Gasteiger partial charge in [0.15, 0.2) is 5.78 Å². The molecule has 4 aromatic rings. The lowest BCUT2D eigenvalue weighted by Gasteiger charge is -2.11. The molecular weight excluding hydrogens is 332 g/mol. The maximum Gasteiger partial charge on any atom is 0.193 e. The van der Waals surface area contributed by atoms with E-state index in [0.29, 0.717) is 16.9 Å². The first-order valence-corrected chi connectivity index (χ1v) is 8.99. The summed E-state index contributed by atoms with van der Waals surface area (Å²) in [6.07, 6.45) is 0. The van der Waals surface area contributed by atoms with Crippen LogP contribution in [0.25, 0.3) is 10.8 Å². The number of fused-ring (bicyclic) bond motifs is 1. The number of hydrogen-bond acceptors (Lipinski definition) is 2. The molecule has 0 spiro atoms. The zero-order chi connectivity index (χ0) is 18.8. The van der Waals surface area contributed by atoms with Crippen LogP contribution in [0.1, 0.15) is 27.0 Å². The molecule has 0 saturated heterocycles. The number of benzene rings is 4. The minimum atomic E-state index is 0.0161. The van der Waals surface area contributed by atoms with E-state index >= 15 is 0 Å². The molecule has 0 unspecified atom stereocenters. The van der Waals surface area contributed by atoms with E-state index in [2.05, 4.69) is 25.1 Å². The monoisotopic (exact) mass is 352 g/mol. The Morgan fingerprint density at radius 2 is 1.26 bits per heavy atom. The Morgan fingerprint density at radius 3 is 1.93 bits per heavy atom. The van der Waals surface area contributed by atoms with Crippen molar-refractivity contribution < 1.29 is 9.53 Å². The summed E-state index contributed by atoms with van der Waals surface area (Å²) in [5, 5.41) is 2.26. The highest BCUT2D eigenvalue weighted by Crippen LogP contribution is 2.32. The van der Waals surface area contributed by atoms with Gasteiger partial charge < -0.3 is 4.74 Å². The van der Waals surface area contributed by atoms with Gasteiger partial charge >= 0.3 is 0 Å². The summed E-state index contributed by atoms with van der Waals surface area (Å²) in [4.78, 5) is 12.6. The van der Waals surface area contributed by atoms with Crippen molar-refractivity contribution in [3.63, 3.8) is 0 Å². The molecule has 0 bridgehead atoms. The molecule has 4 rings (SSSR count). The van der Waals surface area contributed by atoms with Gasteiger partial charge in [-0.1, -0.05) is 60.2 Å². The van der Waals surface area contributed by atoms with E-state index < -0.39 is 0 Å². The van der Waals surface area contributed by atoms with Gasteiger partial charge in [0, 0.05) is 16.5 Å². The van der Waals surface area contributed by atoms with Crippen LogP contribution in [0.4, 0.5) is 0 Å². The van der Waals surface area contributed by atoms with E-state index in [0.717, 1.165) is 16.7 Å². The molecule has 2 heteroatoms. The van der Waals surface area contributed by atoms with Crippen molar-refractivity contribution in [3.05, 3.63) is 107 Å². The molecule has 0 aliphatic heterocycles. The zero-order valence-corrected chi connectivity index (χ0v) is 15.4. The maximum atomic E-state index is 12.6. The first kappa shape index (κ1) is 17.0. The highest BCUT2D eigenvalue weighted by Gasteiger charge is 2.10. The number of aryl methyl sites for hydroxylation is 2. The molecule has 0 aromatic heterocycles. The molecule has 0 heterocycles. The van der Waals surface area contributed by atoms with Crippen LogP contribution in [0.3, 0.4) is 0 Å². The summed E-state index contributed by atoms with van der Waals surface area (Å²) in [5.74, 6) is 1.54. The molecule has 0 atom stereocenters. The van der Waals surface area contributed by atoms with Crippen LogP contribution in [0.15, 0.2) is 84.9 Å². The summed E-state index contributed by atoms with van der Waals surface area (Å²) in [6, 6.07) is 27.2. The fraction of sp³-hybridized carbons (Fsp3) is 0.0800. The second-order valence-corrected chi connectivity index (χ2v) is 6.75. The largest absolute Gasteiger partial charge is 0.457 e. The zero-order valence-electron chi connectivity index (χ0n) is 15.4. The van der Waals surface area contributed by atoms with Crippen LogP contribution in [0, 0.1) is 13.8 Å². The SMILES string of the molecule is Cc1ccc(C(=O)c2ccc(Oc3ccc(C)c4ccccc34)cc2)cc1. The van der Waals surface area contributed by atoms with Crippen molar-refractivity contribution in [2.75, 3.05) is 0 Å². The van der Waals surface area contributed by atoms with Gasteiger partial charge in [-0.3, -0.25) is 4.79 Å². The lowest BCUT2D eigenvalue weighted by Crippen LogP contribution is -2.01. The smallest absolute Gasteiger partial charge is 0.193 e. The second kappa shape index (κ2) is 7.08. The molecule has 4 aromatic carbocycles. The highest BCUT2D eigenvalue weighted by atomic mass is 16.5. The minimum Gasteiger partial charge on any atom is -0.457 e. The Hall–Kier alpha value is -3.39. The van der Waals surface area contributed by atoms with Gasteiger partial charge in [0.2, 0.25) is 0 Å². The normalized spacial score (nSPS) is 10.7. The third-order valence-corrected chi connectivity index (χ3v) is 4.76. The number of carbonyl (C=O) groups excluding carboxylic acids is 1. The van der Waals surface area contributed by atoms with E-state index in [1.54, 1.807) is 0 Å². The molecular formula is C25H20O2. The molecule has 0 fully saturated rings. The third kappa shape index (κ3) is 3.47. The highest BCUT2D eigenvalue weighted by molar-refractivity contribution is 6.09. The van der Waals surface area contributed by atoms with Crippen LogP contribution >= 0.6 is 0 Å². The van der Waals surface area contributed by atoms with Crippen LogP contribution in [0.2, 0.25) is 0 Å². The predicted molar refractivity (Wildman–Crippen MR) is 110 cm³/mol. The van der Waals surface area contributed by atoms with Gasteiger partial charge in [-0.25, -0.2) is 0 Å². The van der Waals surface area contributed by atoms with Crippen molar-refractivity contribution in [2.24, 2.45) is 0 Å². The Bertz CT molecular complexity index is 1110. The van der Waals surface area contributed by atoms with E-state index in [4.69, 9.17) is 4.74 Å². The molecule has 132 valence electrons. The van der Waals surface area contributed by atoms with Gasteiger partial charge in [-0.2, -0.15) is 0 Å². The van der Waals surface area contributed by atoms with Crippen molar-refractivity contribution in [3.8, 4) is 11.5 Å². The maximum absolute atomic E-state index is 12.6. The van der Waals surface area contributed by atoms with Gasteiger partial charge in [-0.15, -0.1) is 0 Å². The van der Waals surface area contributed by atoms with Gasteiger partial charge in [0.25, 0.3) is 0 Å². The molecule has 0 aliphatic carbocycles. The summed E-state index contributed by atoms with van der Waals surface area (Å²) in [5.41, 5.74) is 3.70. The van der Waals surface area contributed by atoms with Crippen LogP contribution in [-0.2, 0) is 0 Å². The molecule has 27 heavy (non-hydrogen) atoms. The predicted octanol–water partition coefficient (Wildman–Crippen LogP) is 6.48. The number of carbonyl (C=O) groups is 1. The molecule has 0 saturated carbocycles. The van der Waals surface area contributed by atoms with Crippen molar-refractivity contribution >= 4 is 16.6 Å². The lowest BCUT2D eigenvalue weighted by molar-refractivity contribution is 0.103. The van der Waals surface area contributed by atoms with Crippen molar-refractivity contribution in [1.29, 1.82) is 0 Å². The third-order valence-electron chi connectivity index (χ3n) is 4.76. The van der Waals surface area contributed by atoms with Crippen molar-refractivity contribution in [2.45, 2.75) is 13.8 Å². The lowest BCUT2D eigenvalue weighted by atomic mass is 10.0. The van der Waals surface area contributed by atoms with Crippen LogP contribution in [0.5, 0.6) is 11.5 Å². The summed E-state index contributed by atoms with van der Waals surface area (Å²) in [6.45, 7) is 4.10. The van der Waals surface area contributed by atoms with Crippen LogP contribution < -0.4 is 4.74 Å². The Labute approximate surface area is 159 Å². The number of rotatable bonds is 4. The summed E-state index contributed by atoms with van der Waals surface area (Å²) in [7, 11) is 0. The molecule has 0 aliphatic rings. The number of ether oxygens (including phenoxy) is 1. The first-order chi connectivity index (χ1) is 13.1. The van der Waals surface area contributed by atoms with Gasteiger partial charge in [-0.05, 0) is 55.1 Å². The quantitative estimate of drug-likeness (QED) is 0.393. The minimum absolute atomic E-state index is 0.0161. The topological polar surface area (TPSA) is 26.3 Å². The van der Waals surface area contributed by atoms with Crippen molar-refractivity contribution in [1.82, 2.24) is 0 Å². The van der Waals surface area contributed by atoms with E-state index in [9.17, 15) is 4.79 Å². The molecule has 0 radical (unpaired) electrons. The average Bonchev–Trinajstić information content (AvgIpc) is 2.71. The first-order valence-electron chi connectivity index (χ1n) is 8.99.